The van der Waals surface area contributed by atoms with Gasteiger partial charge in [0, 0.05) is 6.92 Å². The Morgan fingerprint density at radius 2 is 1.23 bits per heavy atom. The normalized spacial score (nSPS) is 8.23. The average Bonchev–Trinajstić information content (AvgIpc) is 2.48. The molecule has 2 rings (SSSR count). The van der Waals surface area contributed by atoms with Gasteiger partial charge in [-0.15, -0.1) is 29.8 Å². The van der Waals surface area contributed by atoms with Crippen LogP contribution in [0.4, 0.5) is 0 Å². The van der Waals surface area contributed by atoms with Crippen LogP contribution < -0.4 is 11.9 Å². The Kier molecular flexibility index (Phi) is 18.0. The van der Waals surface area contributed by atoms with Gasteiger partial charge in [0.15, 0.2) is 5.78 Å². The van der Waals surface area contributed by atoms with Crippen LogP contribution in [0.15, 0.2) is 24.8 Å². The Bertz CT molecular complexity index is 598. The molecule has 0 aliphatic carbocycles. The van der Waals surface area contributed by atoms with E-state index in [0.717, 1.165) is 0 Å². The Hall–Kier alpha value is -1.34. The van der Waals surface area contributed by atoms with E-state index in [-0.39, 0.29) is 49.3 Å². The minimum absolute atomic E-state index is 0. The fourth-order valence-corrected chi connectivity index (χ4v) is 1.13. The summed E-state index contributed by atoms with van der Waals surface area (Å²) >= 11 is 10.7. The number of nitrogens with zero attached hydrogens (tertiary/aromatic N) is 4. The summed E-state index contributed by atoms with van der Waals surface area (Å²) < 4.78 is 0. The van der Waals surface area contributed by atoms with Crippen molar-refractivity contribution in [3.05, 3.63) is 46.5 Å². The number of carbonyl (C=O) groups is 2. The Morgan fingerprint density at radius 1 is 0.885 bits per heavy atom. The maximum absolute atomic E-state index is 10.6. The summed E-state index contributed by atoms with van der Waals surface area (Å²) in [5.74, 6) is 6.20. The van der Waals surface area contributed by atoms with Gasteiger partial charge in [0.1, 0.15) is 21.7 Å². The molecule has 2 aromatic rings. The van der Waals surface area contributed by atoms with Gasteiger partial charge < -0.3 is 11.9 Å². The van der Waals surface area contributed by atoms with E-state index in [9.17, 15) is 9.59 Å². The first-order valence-electron chi connectivity index (χ1n) is 6.89. The summed E-state index contributed by atoms with van der Waals surface area (Å²) in [7, 11) is 0. The predicted molar refractivity (Wildman–Crippen MR) is 108 cm³/mol. The van der Waals surface area contributed by atoms with E-state index in [1.165, 1.54) is 31.7 Å². The number of carbonyl (C=O) groups excluding carboxylic acids is 2. The maximum atomic E-state index is 10.6. The van der Waals surface area contributed by atoms with Crippen LogP contribution in [-0.4, -0.2) is 45.8 Å². The number of nitrogens with two attached hydrogens (primary N) is 1. The van der Waals surface area contributed by atoms with Crippen molar-refractivity contribution < 1.29 is 9.59 Å². The third-order valence-corrected chi connectivity index (χ3v) is 2.24. The van der Waals surface area contributed by atoms with E-state index in [1.807, 2.05) is 0 Å². The lowest BCUT2D eigenvalue weighted by molar-refractivity contribution is 0.0991. The molecule has 0 aromatic carbocycles. The van der Waals surface area contributed by atoms with Crippen molar-refractivity contribution in [3.63, 3.8) is 0 Å². The lowest BCUT2D eigenvalue weighted by Gasteiger charge is -1.90. The van der Waals surface area contributed by atoms with Crippen molar-refractivity contribution in [2.45, 2.75) is 24.3 Å². The highest BCUT2D eigenvalue weighted by molar-refractivity contribution is 6.54. The number of halogens is 3. The Morgan fingerprint density at radius 3 is 1.46 bits per heavy atom. The maximum Gasteiger partial charge on any atom is 0.268 e. The van der Waals surface area contributed by atoms with E-state index in [4.69, 9.17) is 28.9 Å². The number of ketones is 1. The molecule has 0 radical (unpaired) electrons. The van der Waals surface area contributed by atoms with Crippen molar-refractivity contribution in [1.82, 2.24) is 26.1 Å². The first-order valence-corrected chi connectivity index (χ1v) is 11.1. The number of aromatic nitrogens is 4. The molecule has 2 heterocycles. The summed E-state index contributed by atoms with van der Waals surface area (Å²) in [5, 5.41) is 0.537. The standard InChI is InChI=1S/C6H5ClN2O.C5H4ClN3O.3CH3.Al.ClH.H3N/c1-4(10)5-2-9-6(7)3-8-5;6-4-2-8-3(1-9-4)5(7)10;;;;;;/h2-3H,1H3;1-2H,(H2,7,10);3*1H3;;1H;1H3. The molecule has 0 spiro atoms. The molecular formula is C14H22AlCl3N6O2. The average molecular weight is 440 g/mol. The van der Waals surface area contributed by atoms with Crippen molar-refractivity contribution in [1.29, 1.82) is 0 Å². The highest BCUT2D eigenvalue weighted by Gasteiger charge is 2.00. The fraction of sp³-hybridized carbons (Fsp3) is 0.286. The van der Waals surface area contributed by atoms with E-state index >= 15 is 0 Å². The van der Waals surface area contributed by atoms with E-state index in [2.05, 4.69) is 37.3 Å². The summed E-state index contributed by atoms with van der Waals surface area (Å²) in [6.07, 6.45) is 5.19. The van der Waals surface area contributed by atoms with Gasteiger partial charge in [0.2, 0.25) is 0 Å². The molecule has 5 N–H and O–H groups in total. The van der Waals surface area contributed by atoms with Crippen molar-refractivity contribution in [3.8, 4) is 0 Å². The second-order valence-corrected chi connectivity index (χ2v) is 9.34. The minimum Gasteiger partial charge on any atom is -0.364 e. The molecule has 0 saturated carbocycles. The van der Waals surface area contributed by atoms with E-state index < -0.39 is 5.91 Å². The van der Waals surface area contributed by atoms with Crippen LogP contribution in [0.1, 0.15) is 27.9 Å². The largest absolute Gasteiger partial charge is 0.364 e. The van der Waals surface area contributed by atoms with Gasteiger partial charge in [0.05, 0.1) is 24.8 Å². The van der Waals surface area contributed by atoms with Crippen LogP contribution in [0, 0.1) is 0 Å². The molecule has 26 heavy (non-hydrogen) atoms. The molecule has 0 bridgehead atoms. The monoisotopic (exact) mass is 438 g/mol. The lowest BCUT2D eigenvalue weighted by atomic mass is 10.3. The van der Waals surface area contributed by atoms with Crippen LogP contribution in [0.2, 0.25) is 27.7 Å². The highest BCUT2D eigenvalue weighted by atomic mass is 35.5. The van der Waals surface area contributed by atoms with Crippen molar-refractivity contribution in [2.24, 2.45) is 5.73 Å². The Balaban J connectivity index is -0.000000319. The van der Waals surface area contributed by atoms with Gasteiger partial charge >= 0.3 is 0 Å². The first-order chi connectivity index (χ1) is 11.1. The number of hydrogen-bond acceptors (Lipinski definition) is 7. The molecule has 2 aromatic heterocycles. The number of primary amides is 1. The predicted octanol–water partition coefficient (Wildman–Crippen LogP) is 3.52. The van der Waals surface area contributed by atoms with Crippen LogP contribution >= 0.6 is 35.6 Å². The second kappa shape index (κ2) is 15.9. The van der Waals surface area contributed by atoms with Crippen molar-refractivity contribution in [2.75, 3.05) is 0 Å². The second-order valence-electron chi connectivity index (χ2n) is 5.10. The summed E-state index contributed by atoms with van der Waals surface area (Å²) in [5.41, 5.74) is 5.33. The Labute approximate surface area is 173 Å². The van der Waals surface area contributed by atoms with Gasteiger partial charge in [-0.2, -0.15) is 0 Å². The molecule has 8 nitrogen and oxygen atoms in total. The first kappa shape index (κ1) is 29.4. The van der Waals surface area contributed by atoms with Gasteiger partial charge in [-0.05, 0) is 0 Å². The highest BCUT2D eigenvalue weighted by Crippen LogP contribution is 2.01. The lowest BCUT2D eigenvalue weighted by Crippen LogP contribution is -2.12. The third-order valence-electron chi connectivity index (χ3n) is 1.85. The molecule has 1 amide bonds. The van der Waals surface area contributed by atoms with Gasteiger partial charge in [0.25, 0.3) is 20.1 Å². The topological polar surface area (TPSA) is 147 Å². The summed E-state index contributed by atoms with van der Waals surface area (Å²) in [4.78, 5) is 35.6. The minimum atomic E-state index is -0.607. The number of Topliss-reactive ketones (excluding diaryl/α,β-unsaturated/α-hetero) is 1. The molecule has 0 aliphatic heterocycles. The molecule has 0 atom stereocenters. The molecular weight excluding hydrogens is 418 g/mol. The van der Waals surface area contributed by atoms with Crippen LogP contribution in [0.5, 0.6) is 0 Å². The zero-order chi connectivity index (χ0) is 18.7. The van der Waals surface area contributed by atoms with E-state index in [0.29, 0.717) is 10.8 Å². The van der Waals surface area contributed by atoms with Crippen LogP contribution in [-0.2, 0) is 0 Å². The SMILES string of the molecule is CC(=O)c1cnc(Cl)cn1.Cl.N.NC(=O)c1cnc(Cl)cn1.[CH3][Al]([CH3])[CH3]. The van der Waals surface area contributed by atoms with E-state index in [1.54, 1.807) is 0 Å². The van der Waals surface area contributed by atoms with Crippen LogP contribution in [0.25, 0.3) is 0 Å². The van der Waals surface area contributed by atoms with Gasteiger partial charge in [-0.25, -0.2) is 19.9 Å². The number of amides is 1. The quantitative estimate of drug-likeness (QED) is 0.537. The summed E-state index contributed by atoms with van der Waals surface area (Å²) in [6, 6.07) is 0. The molecule has 12 heteroatoms. The zero-order valence-corrected chi connectivity index (χ0v) is 18.4. The zero-order valence-electron chi connectivity index (χ0n) is 14.9. The molecule has 0 aliphatic rings. The smallest absolute Gasteiger partial charge is 0.268 e. The molecule has 0 fully saturated rings. The number of rotatable bonds is 2. The third kappa shape index (κ3) is 15.0. The molecule has 0 unspecified atom stereocenters. The summed E-state index contributed by atoms with van der Waals surface area (Å²) in [6.45, 7) is 1.43. The molecule has 0 saturated heterocycles. The number of hydrogen-bond donors (Lipinski definition) is 2. The van der Waals surface area contributed by atoms with Crippen molar-refractivity contribution >= 4 is 61.4 Å². The van der Waals surface area contributed by atoms with Gasteiger partial charge in [-0.1, -0.05) is 23.2 Å². The van der Waals surface area contributed by atoms with Gasteiger partial charge in [-0.3, -0.25) is 9.59 Å². The van der Waals surface area contributed by atoms with Crippen LogP contribution in [0.3, 0.4) is 0 Å². The molecule has 144 valence electrons. The fourth-order valence-electron chi connectivity index (χ4n) is 0.934.